The summed E-state index contributed by atoms with van der Waals surface area (Å²) in [5, 5.41) is 1.45. The zero-order valence-corrected chi connectivity index (χ0v) is 10.3. The maximum Gasteiger partial charge on any atom is 0.314 e. The highest BCUT2D eigenvalue weighted by Crippen LogP contribution is 2.13. The van der Waals surface area contributed by atoms with E-state index in [4.69, 9.17) is 0 Å². The van der Waals surface area contributed by atoms with Crippen LogP contribution in [0.3, 0.4) is 0 Å². The SMILES string of the molecule is O=c1[nH]c2cc3c(cc2[nH]c1=O)=NC1C=CC=CC1N=3. The van der Waals surface area contributed by atoms with E-state index in [2.05, 4.69) is 20.0 Å². The van der Waals surface area contributed by atoms with E-state index >= 15 is 0 Å². The molecule has 0 spiro atoms. The number of nitrogens with one attached hydrogen (secondary N) is 2. The second-order valence-electron chi connectivity index (χ2n) is 4.80. The minimum Gasteiger partial charge on any atom is -0.316 e. The Balaban J connectivity index is 2.08. The maximum absolute atomic E-state index is 11.4. The van der Waals surface area contributed by atoms with Crippen LogP contribution in [0.15, 0.2) is 56.0 Å². The number of aromatic amines is 2. The van der Waals surface area contributed by atoms with Gasteiger partial charge in [0.2, 0.25) is 0 Å². The van der Waals surface area contributed by atoms with Gasteiger partial charge in [0.05, 0.1) is 33.8 Å². The number of aromatic nitrogens is 2. The molecule has 1 aromatic heterocycles. The van der Waals surface area contributed by atoms with E-state index in [1.54, 1.807) is 12.1 Å². The fourth-order valence-corrected chi connectivity index (χ4v) is 2.49. The van der Waals surface area contributed by atoms with Gasteiger partial charge in [-0.05, 0) is 12.1 Å². The number of nitrogens with zero attached hydrogens (tertiary/aromatic N) is 2. The highest BCUT2D eigenvalue weighted by Gasteiger charge is 2.19. The van der Waals surface area contributed by atoms with Gasteiger partial charge >= 0.3 is 11.1 Å². The standard InChI is InChI=1S/C14H10N4O2/c19-13-14(20)18-12-6-10-9(5-11(12)17-13)15-7-3-1-2-4-8(7)16-10/h1-8H,(H,17,19)(H,18,20). The summed E-state index contributed by atoms with van der Waals surface area (Å²) in [5.74, 6) is 0. The largest absolute Gasteiger partial charge is 0.316 e. The molecule has 2 aromatic rings. The highest BCUT2D eigenvalue weighted by molar-refractivity contribution is 5.72. The molecule has 98 valence electrons. The Labute approximate surface area is 111 Å². The molecule has 0 fully saturated rings. The second-order valence-corrected chi connectivity index (χ2v) is 4.80. The van der Waals surface area contributed by atoms with Crippen LogP contribution in [0.25, 0.3) is 11.0 Å². The van der Waals surface area contributed by atoms with E-state index in [1.165, 1.54) is 0 Å². The van der Waals surface area contributed by atoms with Crippen molar-refractivity contribution in [2.24, 2.45) is 9.98 Å². The van der Waals surface area contributed by atoms with Gasteiger partial charge in [0.25, 0.3) is 0 Å². The molecule has 20 heavy (non-hydrogen) atoms. The van der Waals surface area contributed by atoms with Crippen molar-refractivity contribution < 1.29 is 0 Å². The monoisotopic (exact) mass is 266 g/mol. The van der Waals surface area contributed by atoms with Crippen molar-refractivity contribution in [2.45, 2.75) is 12.1 Å². The van der Waals surface area contributed by atoms with Crippen LogP contribution in [0.1, 0.15) is 0 Å². The van der Waals surface area contributed by atoms with E-state index in [9.17, 15) is 9.59 Å². The van der Waals surface area contributed by atoms with Gasteiger partial charge in [-0.2, -0.15) is 0 Å². The Morgan fingerprint density at radius 1 is 0.800 bits per heavy atom. The van der Waals surface area contributed by atoms with Gasteiger partial charge in [0.1, 0.15) is 0 Å². The van der Waals surface area contributed by atoms with E-state index in [1.807, 2.05) is 24.3 Å². The van der Waals surface area contributed by atoms with Gasteiger partial charge in [0, 0.05) is 0 Å². The summed E-state index contributed by atoms with van der Waals surface area (Å²) in [4.78, 5) is 37.1. The molecule has 0 radical (unpaired) electrons. The van der Waals surface area contributed by atoms with Crippen LogP contribution in [0.4, 0.5) is 0 Å². The predicted octanol–water partition coefficient (Wildman–Crippen LogP) is -0.668. The van der Waals surface area contributed by atoms with Crippen molar-refractivity contribution in [1.29, 1.82) is 0 Å². The Morgan fingerprint density at radius 2 is 1.25 bits per heavy atom. The van der Waals surface area contributed by atoms with Gasteiger partial charge in [-0.25, -0.2) is 0 Å². The predicted molar refractivity (Wildman–Crippen MR) is 73.4 cm³/mol. The minimum atomic E-state index is -0.663. The Morgan fingerprint density at radius 3 is 1.70 bits per heavy atom. The Kier molecular flexibility index (Phi) is 2.14. The van der Waals surface area contributed by atoms with E-state index in [0.717, 1.165) is 10.7 Å². The summed E-state index contributed by atoms with van der Waals surface area (Å²) in [5.41, 5.74) is -0.214. The average Bonchev–Trinajstić information content (AvgIpc) is 2.44. The van der Waals surface area contributed by atoms with Gasteiger partial charge in [-0.3, -0.25) is 19.6 Å². The number of H-pyrrole nitrogens is 2. The third kappa shape index (κ3) is 1.58. The molecule has 6 heteroatoms. The lowest BCUT2D eigenvalue weighted by molar-refractivity contribution is 0.646. The van der Waals surface area contributed by atoms with Gasteiger partial charge in [-0.1, -0.05) is 24.3 Å². The molecule has 2 aliphatic rings. The number of allylic oxidation sites excluding steroid dienone is 2. The van der Waals surface area contributed by atoms with E-state index < -0.39 is 11.1 Å². The molecule has 0 saturated heterocycles. The molecule has 4 rings (SSSR count). The number of benzene rings is 1. The quantitative estimate of drug-likeness (QED) is 0.619. The molecule has 0 saturated carbocycles. The summed E-state index contributed by atoms with van der Waals surface area (Å²) < 4.78 is 0. The Hall–Kier alpha value is -2.76. The molecule has 1 aromatic carbocycles. The van der Waals surface area contributed by atoms with Gasteiger partial charge in [-0.15, -0.1) is 0 Å². The van der Waals surface area contributed by atoms with Crippen LogP contribution >= 0.6 is 0 Å². The zero-order chi connectivity index (χ0) is 13.7. The number of fused-ring (bicyclic) bond motifs is 3. The van der Waals surface area contributed by atoms with Crippen LogP contribution in [-0.2, 0) is 0 Å². The number of rotatable bonds is 0. The lowest BCUT2D eigenvalue weighted by Gasteiger charge is -2.19. The van der Waals surface area contributed by atoms with Gasteiger partial charge < -0.3 is 9.97 Å². The van der Waals surface area contributed by atoms with E-state index in [-0.39, 0.29) is 12.1 Å². The van der Waals surface area contributed by atoms with Crippen molar-refractivity contribution in [3.8, 4) is 0 Å². The lowest BCUT2D eigenvalue weighted by atomic mass is 10.0. The molecule has 2 heterocycles. The van der Waals surface area contributed by atoms with Crippen LogP contribution < -0.4 is 21.8 Å². The third-order valence-electron chi connectivity index (χ3n) is 3.47. The first-order chi connectivity index (χ1) is 9.70. The molecule has 1 aliphatic heterocycles. The summed E-state index contributed by atoms with van der Waals surface area (Å²) in [6, 6.07) is 3.49. The van der Waals surface area contributed by atoms with Crippen molar-refractivity contribution in [3.05, 3.63) is 67.9 Å². The maximum atomic E-state index is 11.4. The summed E-state index contributed by atoms with van der Waals surface area (Å²) in [6.45, 7) is 0. The van der Waals surface area contributed by atoms with Crippen molar-refractivity contribution in [3.63, 3.8) is 0 Å². The second kappa shape index (κ2) is 3.86. The highest BCUT2D eigenvalue weighted by atomic mass is 16.2. The fourth-order valence-electron chi connectivity index (χ4n) is 2.49. The molecule has 6 nitrogen and oxygen atoms in total. The summed E-state index contributed by atoms with van der Waals surface area (Å²) in [6.07, 6.45) is 7.89. The molecule has 2 atom stereocenters. The van der Waals surface area contributed by atoms with Crippen molar-refractivity contribution in [2.75, 3.05) is 0 Å². The molecular formula is C14H10N4O2. The Bertz CT molecular complexity index is 928. The first-order valence-corrected chi connectivity index (χ1v) is 6.28. The lowest BCUT2D eigenvalue weighted by Crippen LogP contribution is -2.39. The van der Waals surface area contributed by atoms with Crippen LogP contribution in [0.5, 0.6) is 0 Å². The summed E-state index contributed by atoms with van der Waals surface area (Å²) in [7, 11) is 0. The average molecular weight is 266 g/mol. The van der Waals surface area contributed by atoms with Crippen LogP contribution in [-0.4, -0.2) is 22.1 Å². The minimum absolute atomic E-state index is 0.000525. The molecule has 2 N–H and O–H groups in total. The zero-order valence-electron chi connectivity index (χ0n) is 10.3. The van der Waals surface area contributed by atoms with Crippen molar-refractivity contribution >= 4 is 11.0 Å². The number of hydrogen-bond acceptors (Lipinski definition) is 4. The molecule has 0 amide bonds. The summed E-state index contributed by atoms with van der Waals surface area (Å²) >= 11 is 0. The smallest absolute Gasteiger partial charge is 0.314 e. The van der Waals surface area contributed by atoms with E-state index in [0.29, 0.717) is 11.0 Å². The molecule has 2 unspecified atom stereocenters. The van der Waals surface area contributed by atoms with Gasteiger partial charge in [0.15, 0.2) is 0 Å². The number of hydrogen-bond donors (Lipinski definition) is 2. The fraction of sp³-hybridized carbons (Fsp3) is 0.143. The topological polar surface area (TPSA) is 90.4 Å². The van der Waals surface area contributed by atoms with Crippen LogP contribution in [0, 0.1) is 0 Å². The third-order valence-corrected chi connectivity index (χ3v) is 3.47. The normalized spacial score (nSPS) is 22.8. The molecule has 1 aliphatic carbocycles. The van der Waals surface area contributed by atoms with Crippen LogP contribution in [0.2, 0.25) is 0 Å². The van der Waals surface area contributed by atoms with Crippen molar-refractivity contribution in [1.82, 2.24) is 9.97 Å². The molecule has 0 bridgehead atoms. The molecular weight excluding hydrogens is 256 g/mol. The first-order valence-electron chi connectivity index (χ1n) is 6.28. The first kappa shape index (κ1) is 11.1.